The average Bonchev–Trinajstić information content (AvgIpc) is 2.89. The van der Waals surface area contributed by atoms with Crippen LogP contribution < -0.4 is 10.6 Å². The van der Waals surface area contributed by atoms with Crippen LogP contribution >= 0.6 is 0 Å². The zero-order valence-corrected chi connectivity index (χ0v) is 15.2. The van der Waals surface area contributed by atoms with Gasteiger partial charge in [-0.15, -0.1) is 0 Å². The number of hydrogen-bond donors (Lipinski definition) is 1. The lowest BCUT2D eigenvalue weighted by Crippen LogP contribution is -2.47. The number of nitrogen functional groups attached to an aromatic ring is 1. The number of anilines is 2. The summed E-state index contributed by atoms with van der Waals surface area (Å²) in [6.07, 6.45) is 3.36. The average molecular weight is 351 g/mol. The van der Waals surface area contributed by atoms with Crippen LogP contribution in [0.15, 0.2) is 24.3 Å². The monoisotopic (exact) mass is 351 g/mol. The molecule has 0 spiro atoms. The Kier molecular flexibility index (Phi) is 3.83. The Balaban J connectivity index is 1.64. The molecule has 1 aromatic heterocycles. The van der Waals surface area contributed by atoms with Crippen LogP contribution in [0.1, 0.15) is 24.1 Å². The number of fused-ring (bicyclic) bond motifs is 3. The first-order valence-corrected chi connectivity index (χ1v) is 9.49. The smallest absolute Gasteiger partial charge is 0.161 e. The maximum Gasteiger partial charge on any atom is 0.161 e. The van der Waals surface area contributed by atoms with E-state index in [2.05, 4.69) is 16.8 Å². The highest BCUT2D eigenvalue weighted by atomic mass is 16.5. The van der Waals surface area contributed by atoms with Gasteiger partial charge in [-0.1, -0.05) is 0 Å². The van der Waals surface area contributed by atoms with Crippen molar-refractivity contribution in [1.82, 2.24) is 14.9 Å². The molecule has 2 bridgehead atoms. The molecule has 26 heavy (non-hydrogen) atoms. The van der Waals surface area contributed by atoms with E-state index >= 15 is 0 Å². The lowest BCUT2D eigenvalue weighted by Gasteiger charge is -2.38. The van der Waals surface area contributed by atoms with Crippen LogP contribution in [0.3, 0.4) is 0 Å². The number of nitrogens with zero attached hydrogens (tertiary/aromatic N) is 4. The maximum absolute atomic E-state index is 5.85. The van der Waals surface area contributed by atoms with Crippen molar-refractivity contribution in [3.63, 3.8) is 0 Å². The SMILES string of the molecule is CN1CCc2nc(-c3ccc(N)cc3)nc(N3C4CCC3COC4)c2C1. The van der Waals surface area contributed by atoms with Crippen molar-refractivity contribution < 1.29 is 4.74 Å². The van der Waals surface area contributed by atoms with Gasteiger partial charge in [-0.3, -0.25) is 0 Å². The van der Waals surface area contributed by atoms with Gasteiger partial charge < -0.3 is 20.3 Å². The minimum absolute atomic E-state index is 0.444. The van der Waals surface area contributed by atoms with Crippen LogP contribution in [0.5, 0.6) is 0 Å². The molecule has 6 nitrogen and oxygen atoms in total. The summed E-state index contributed by atoms with van der Waals surface area (Å²) in [5, 5.41) is 0. The number of likely N-dealkylation sites (N-methyl/N-ethyl adjacent to an activating group) is 1. The molecule has 0 amide bonds. The topological polar surface area (TPSA) is 67.5 Å². The fourth-order valence-corrected chi connectivity index (χ4v) is 4.48. The zero-order chi connectivity index (χ0) is 17.7. The molecule has 3 aliphatic heterocycles. The molecule has 3 aliphatic rings. The second-order valence-electron chi connectivity index (χ2n) is 7.74. The van der Waals surface area contributed by atoms with Gasteiger partial charge in [0.05, 0.1) is 31.0 Å². The van der Waals surface area contributed by atoms with E-state index in [1.54, 1.807) is 0 Å². The van der Waals surface area contributed by atoms with E-state index in [-0.39, 0.29) is 0 Å². The summed E-state index contributed by atoms with van der Waals surface area (Å²) in [6.45, 7) is 3.58. The van der Waals surface area contributed by atoms with Crippen molar-refractivity contribution in [2.75, 3.05) is 37.4 Å². The van der Waals surface area contributed by atoms with Gasteiger partial charge in [0.15, 0.2) is 5.82 Å². The first-order valence-electron chi connectivity index (χ1n) is 9.49. The van der Waals surface area contributed by atoms with Crippen molar-refractivity contribution in [3.8, 4) is 11.4 Å². The van der Waals surface area contributed by atoms with Gasteiger partial charge in [-0.2, -0.15) is 0 Å². The van der Waals surface area contributed by atoms with Gasteiger partial charge in [0.2, 0.25) is 0 Å². The molecular formula is C20H25N5O. The largest absolute Gasteiger partial charge is 0.399 e. The molecule has 4 heterocycles. The molecule has 2 aromatic rings. The van der Waals surface area contributed by atoms with Gasteiger partial charge in [-0.05, 0) is 44.2 Å². The molecule has 0 aliphatic carbocycles. The van der Waals surface area contributed by atoms with Crippen molar-refractivity contribution in [2.24, 2.45) is 0 Å². The van der Waals surface area contributed by atoms with Crippen molar-refractivity contribution >= 4 is 11.5 Å². The first kappa shape index (κ1) is 16.0. The molecule has 6 heteroatoms. The van der Waals surface area contributed by atoms with E-state index in [0.29, 0.717) is 12.1 Å². The van der Waals surface area contributed by atoms with Crippen molar-refractivity contribution in [3.05, 3.63) is 35.5 Å². The highest BCUT2D eigenvalue weighted by Gasteiger charge is 2.40. The fourth-order valence-electron chi connectivity index (χ4n) is 4.48. The summed E-state index contributed by atoms with van der Waals surface area (Å²) in [7, 11) is 2.18. The Morgan fingerprint density at radius 3 is 2.54 bits per heavy atom. The van der Waals surface area contributed by atoms with E-state index in [0.717, 1.165) is 55.6 Å². The molecule has 0 saturated carbocycles. The molecule has 0 radical (unpaired) electrons. The molecule has 2 atom stereocenters. The third kappa shape index (κ3) is 2.64. The summed E-state index contributed by atoms with van der Waals surface area (Å²) in [5.41, 5.74) is 10.2. The number of benzene rings is 1. The summed E-state index contributed by atoms with van der Waals surface area (Å²) in [4.78, 5) is 14.9. The highest BCUT2D eigenvalue weighted by Crippen LogP contribution is 2.38. The van der Waals surface area contributed by atoms with E-state index in [9.17, 15) is 0 Å². The van der Waals surface area contributed by atoms with E-state index in [1.807, 2.05) is 24.3 Å². The summed E-state index contributed by atoms with van der Waals surface area (Å²) in [6, 6.07) is 8.76. The minimum atomic E-state index is 0.444. The molecule has 5 rings (SSSR count). The number of hydrogen-bond acceptors (Lipinski definition) is 6. The van der Waals surface area contributed by atoms with Crippen LogP contribution in [-0.4, -0.2) is 53.8 Å². The van der Waals surface area contributed by atoms with Gasteiger partial charge in [0, 0.05) is 36.3 Å². The Hall–Kier alpha value is -2.18. The van der Waals surface area contributed by atoms with Crippen LogP contribution in [0.4, 0.5) is 11.5 Å². The van der Waals surface area contributed by atoms with E-state index in [1.165, 1.54) is 24.1 Å². The lowest BCUT2D eigenvalue weighted by molar-refractivity contribution is 0.0899. The van der Waals surface area contributed by atoms with Crippen LogP contribution in [0.25, 0.3) is 11.4 Å². The summed E-state index contributed by atoms with van der Waals surface area (Å²) in [5.74, 6) is 1.94. The van der Waals surface area contributed by atoms with E-state index < -0.39 is 0 Å². The number of rotatable bonds is 2. The summed E-state index contributed by atoms with van der Waals surface area (Å²) < 4.78 is 5.79. The van der Waals surface area contributed by atoms with Crippen LogP contribution in [0, 0.1) is 0 Å². The lowest BCUT2D eigenvalue weighted by atomic mass is 10.0. The van der Waals surface area contributed by atoms with Crippen molar-refractivity contribution in [1.29, 1.82) is 0 Å². The fraction of sp³-hybridized carbons (Fsp3) is 0.500. The second-order valence-corrected chi connectivity index (χ2v) is 7.74. The second kappa shape index (κ2) is 6.21. The molecular weight excluding hydrogens is 326 g/mol. The first-order chi connectivity index (χ1) is 12.7. The number of morpholine rings is 1. The van der Waals surface area contributed by atoms with Gasteiger partial charge >= 0.3 is 0 Å². The van der Waals surface area contributed by atoms with Gasteiger partial charge in [0.1, 0.15) is 5.82 Å². The number of ether oxygens (including phenoxy) is 1. The zero-order valence-electron chi connectivity index (χ0n) is 15.2. The predicted molar refractivity (Wildman–Crippen MR) is 102 cm³/mol. The Morgan fingerprint density at radius 2 is 1.81 bits per heavy atom. The third-order valence-corrected chi connectivity index (χ3v) is 5.88. The molecule has 136 valence electrons. The Morgan fingerprint density at radius 1 is 1.08 bits per heavy atom. The molecule has 2 saturated heterocycles. The third-order valence-electron chi connectivity index (χ3n) is 5.88. The van der Waals surface area contributed by atoms with Gasteiger partial charge in [0.25, 0.3) is 0 Å². The van der Waals surface area contributed by atoms with Crippen LogP contribution in [-0.2, 0) is 17.7 Å². The predicted octanol–water partition coefficient (Wildman–Crippen LogP) is 2.08. The normalized spacial score (nSPS) is 25.3. The molecule has 1 aromatic carbocycles. The minimum Gasteiger partial charge on any atom is -0.399 e. The standard InChI is InChI=1S/C20H25N5O/c1-24-9-8-18-17(10-24)20(25-15-6-7-16(25)12-26-11-15)23-19(22-18)13-2-4-14(21)5-3-13/h2-5,15-16H,6-12,21H2,1H3. The quantitative estimate of drug-likeness (QED) is 0.836. The Labute approximate surface area is 154 Å². The summed E-state index contributed by atoms with van der Waals surface area (Å²) >= 11 is 0. The van der Waals surface area contributed by atoms with E-state index in [4.69, 9.17) is 20.4 Å². The molecule has 2 N–H and O–H groups in total. The van der Waals surface area contributed by atoms with Crippen LogP contribution in [0.2, 0.25) is 0 Å². The molecule has 2 unspecified atom stereocenters. The Bertz CT molecular complexity index is 806. The molecule has 2 fully saturated rings. The number of nitrogens with two attached hydrogens (primary N) is 1. The highest BCUT2D eigenvalue weighted by molar-refractivity contribution is 5.64. The van der Waals surface area contributed by atoms with Gasteiger partial charge in [-0.25, -0.2) is 9.97 Å². The van der Waals surface area contributed by atoms with Crippen molar-refractivity contribution in [2.45, 2.75) is 37.9 Å². The number of aromatic nitrogens is 2. The maximum atomic E-state index is 5.85.